The smallest absolute Gasteiger partial charge is 0.111 e. The van der Waals surface area contributed by atoms with E-state index in [0.717, 1.165) is 30.1 Å². The Hall–Kier alpha value is -0.480. The lowest BCUT2D eigenvalue weighted by molar-refractivity contribution is 0.189. The molecule has 0 fully saturated rings. The first-order valence-corrected chi connectivity index (χ1v) is 5.82. The second-order valence-corrected chi connectivity index (χ2v) is 4.84. The maximum Gasteiger partial charge on any atom is 0.111 e. The number of hydrogen-bond donors (Lipinski definition) is 0. The minimum atomic E-state index is -0.323. The van der Waals surface area contributed by atoms with Gasteiger partial charge in [0.1, 0.15) is 6.67 Å². The van der Waals surface area contributed by atoms with Gasteiger partial charge >= 0.3 is 0 Å². The highest BCUT2D eigenvalue weighted by Gasteiger charge is 2.28. The number of nitrogens with zero attached hydrogens (tertiary/aromatic N) is 2. The van der Waals surface area contributed by atoms with Crippen LogP contribution in [0.25, 0.3) is 0 Å². The molecule has 0 bridgehead atoms. The summed E-state index contributed by atoms with van der Waals surface area (Å²) in [5.41, 5.74) is 0.989. The molecule has 1 aliphatic heterocycles. The maximum atomic E-state index is 12.8. The topological polar surface area (TPSA) is 16.1 Å². The molecule has 1 aromatic heterocycles. The van der Waals surface area contributed by atoms with E-state index in [1.54, 1.807) is 11.3 Å². The Bertz CT molecular complexity index is 324. The Labute approximate surface area is 87.8 Å². The summed E-state index contributed by atoms with van der Waals surface area (Å²) in [5, 5.41) is 1.14. The van der Waals surface area contributed by atoms with Gasteiger partial charge in [-0.1, -0.05) is 6.92 Å². The van der Waals surface area contributed by atoms with Crippen molar-refractivity contribution in [1.82, 2.24) is 9.88 Å². The summed E-state index contributed by atoms with van der Waals surface area (Å²) in [5.74, 6) is 0. The molecule has 0 saturated carbocycles. The van der Waals surface area contributed by atoms with E-state index in [1.165, 1.54) is 4.88 Å². The highest BCUT2D eigenvalue weighted by molar-refractivity contribution is 7.11. The van der Waals surface area contributed by atoms with E-state index in [9.17, 15) is 4.39 Å². The van der Waals surface area contributed by atoms with Crippen molar-refractivity contribution in [2.24, 2.45) is 0 Å². The predicted molar refractivity (Wildman–Crippen MR) is 56.5 cm³/mol. The summed E-state index contributed by atoms with van der Waals surface area (Å²) < 4.78 is 12.8. The molecule has 1 aliphatic rings. The van der Waals surface area contributed by atoms with Crippen molar-refractivity contribution in [3.63, 3.8) is 0 Å². The van der Waals surface area contributed by atoms with Gasteiger partial charge in [0, 0.05) is 11.4 Å². The molecular weight excluding hydrogens is 199 g/mol. The molecule has 2 heterocycles. The van der Waals surface area contributed by atoms with Crippen LogP contribution in [-0.4, -0.2) is 30.2 Å². The van der Waals surface area contributed by atoms with E-state index in [2.05, 4.69) is 16.8 Å². The molecule has 0 radical (unpaired) electrons. The summed E-state index contributed by atoms with van der Waals surface area (Å²) in [6.45, 7) is 2.72. The second-order valence-electron chi connectivity index (χ2n) is 3.67. The van der Waals surface area contributed by atoms with Crippen LogP contribution in [-0.2, 0) is 12.8 Å². The summed E-state index contributed by atoms with van der Waals surface area (Å²) in [4.78, 5) is 7.86. The summed E-state index contributed by atoms with van der Waals surface area (Å²) in [6.07, 6.45) is 1.99. The fraction of sp³-hybridized carbons (Fsp3) is 0.700. The van der Waals surface area contributed by atoms with Crippen LogP contribution in [0.3, 0.4) is 0 Å². The van der Waals surface area contributed by atoms with E-state index < -0.39 is 0 Å². The molecule has 0 N–H and O–H groups in total. The van der Waals surface area contributed by atoms with Crippen LogP contribution in [0.15, 0.2) is 0 Å². The number of thiazole rings is 1. The standard InChI is InChI=1S/C10H15FN2S/c1-3-9-12-10-7(6-11)13(2)5-4-8(10)14-9/h7H,3-6H2,1-2H3. The highest BCUT2D eigenvalue weighted by Crippen LogP contribution is 2.32. The Morgan fingerprint density at radius 3 is 3.07 bits per heavy atom. The van der Waals surface area contributed by atoms with Crippen LogP contribution in [0.5, 0.6) is 0 Å². The maximum absolute atomic E-state index is 12.8. The quantitative estimate of drug-likeness (QED) is 0.750. The van der Waals surface area contributed by atoms with E-state index in [0.29, 0.717) is 0 Å². The number of alkyl halides is 1. The second kappa shape index (κ2) is 3.95. The average Bonchev–Trinajstić information content (AvgIpc) is 2.60. The number of aromatic nitrogens is 1. The minimum Gasteiger partial charge on any atom is -0.295 e. The number of rotatable bonds is 2. The lowest BCUT2D eigenvalue weighted by atomic mass is 10.1. The Morgan fingerprint density at radius 2 is 2.43 bits per heavy atom. The number of hydrogen-bond acceptors (Lipinski definition) is 3. The molecule has 0 spiro atoms. The van der Waals surface area contributed by atoms with Crippen molar-refractivity contribution >= 4 is 11.3 Å². The molecule has 1 atom stereocenters. The van der Waals surface area contributed by atoms with Gasteiger partial charge in [0.2, 0.25) is 0 Å². The Kier molecular flexibility index (Phi) is 2.83. The van der Waals surface area contributed by atoms with Gasteiger partial charge in [-0.3, -0.25) is 4.90 Å². The number of aryl methyl sites for hydroxylation is 1. The zero-order chi connectivity index (χ0) is 10.1. The molecular formula is C10H15FN2S. The van der Waals surface area contributed by atoms with Crippen molar-refractivity contribution in [2.75, 3.05) is 20.3 Å². The fourth-order valence-electron chi connectivity index (χ4n) is 1.84. The Balaban J connectivity index is 2.35. The zero-order valence-electron chi connectivity index (χ0n) is 8.59. The zero-order valence-corrected chi connectivity index (χ0v) is 9.40. The molecule has 4 heteroatoms. The molecule has 1 aromatic rings. The van der Waals surface area contributed by atoms with Crippen LogP contribution in [0.2, 0.25) is 0 Å². The van der Waals surface area contributed by atoms with E-state index in [4.69, 9.17) is 0 Å². The summed E-state index contributed by atoms with van der Waals surface area (Å²) in [7, 11) is 1.97. The molecule has 0 amide bonds. The minimum absolute atomic E-state index is 0.102. The number of halogens is 1. The van der Waals surface area contributed by atoms with E-state index in [1.807, 2.05) is 7.05 Å². The highest BCUT2D eigenvalue weighted by atomic mass is 32.1. The lowest BCUT2D eigenvalue weighted by Crippen LogP contribution is -2.32. The Morgan fingerprint density at radius 1 is 1.64 bits per heavy atom. The number of fused-ring (bicyclic) bond motifs is 1. The largest absolute Gasteiger partial charge is 0.295 e. The third kappa shape index (κ3) is 1.57. The first-order valence-electron chi connectivity index (χ1n) is 5.01. The molecule has 0 aromatic carbocycles. The van der Waals surface area contributed by atoms with Gasteiger partial charge in [-0.25, -0.2) is 9.37 Å². The van der Waals surface area contributed by atoms with Crippen molar-refractivity contribution in [3.8, 4) is 0 Å². The van der Waals surface area contributed by atoms with Gasteiger partial charge in [0.05, 0.1) is 16.7 Å². The molecule has 2 rings (SSSR count). The normalized spacial score (nSPS) is 22.4. The van der Waals surface area contributed by atoms with Gasteiger partial charge < -0.3 is 0 Å². The average molecular weight is 214 g/mol. The lowest BCUT2D eigenvalue weighted by Gasteiger charge is -2.29. The van der Waals surface area contributed by atoms with Crippen molar-refractivity contribution in [3.05, 3.63) is 15.6 Å². The summed E-state index contributed by atoms with van der Waals surface area (Å²) in [6, 6.07) is -0.102. The van der Waals surface area contributed by atoms with Crippen molar-refractivity contribution in [2.45, 2.75) is 25.8 Å². The first-order chi connectivity index (χ1) is 6.76. The molecule has 0 saturated heterocycles. The predicted octanol–water partition coefficient (Wildman–Crippen LogP) is 2.20. The fourth-order valence-corrected chi connectivity index (χ4v) is 2.89. The molecule has 78 valence electrons. The van der Waals surface area contributed by atoms with E-state index in [-0.39, 0.29) is 12.7 Å². The molecule has 1 unspecified atom stereocenters. The van der Waals surface area contributed by atoms with Gasteiger partial charge in [-0.05, 0) is 19.9 Å². The van der Waals surface area contributed by atoms with Gasteiger partial charge in [0.25, 0.3) is 0 Å². The monoisotopic (exact) mass is 214 g/mol. The van der Waals surface area contributed by atoms with Crippen LogP contribution in [0.4, 0.5) is 4.39 Å². The molecule has 0 aliphatic carbocycles. The van der Waals surface area contributed by atoms with Gasteiger partial charge in [-0.2, -0.15) is 0 Å². The van der Waals surface area contributed by atoms with Crippen molar-refractivity contribution < 1.29 is 4.39 Å². The van der Waals surface area contributed by atoms with Crippen LogP contribution < -0.4 is 0 Å². The molecule has 14 heavy (non-hydrogen) atoms. The van der Waals surface area contributed by atoms with Crippen LogP contribution >= 0.6 is 11.3 Å². The van der Waals surface area contributed by atoms with Crippen LogP contribution in [0.1, 0.15) is 28.5 Å². The van der Waals surface area contributed by atoms with Gasteiger partial charge in [0.15, 0.2) is 0 Å². The van der Waals surface area contributed by atoms with Gasteiger partial charge in [-0.15, -0.1) is 11.3 Å². The third-order valence-corrected chi connectivity index (χ3v) is 4.03. The SMILES string of the molecule is CCc1nc2c(s1)CCN(C)C2CF. The summed E-state index contributed by atoms with van der Waals surface area (Å²) >= 11 is 1.75. The van der Waals surface area contributed by atoms with Crippen molar-refractivity contribution in [1.29, 1.82) is 0 Å². The first kappa shape index (κ1) is 10.1. The number of likely N-dealkylation sites (N-methyl/N-ethyl adjacent to an activating group) is 1. The molecule has 2 nitrogen and oxygen atoms in total. The third-order valence-electron chi connectivity index (χ3n) is 2.76. The van der Waals surface area contributed by atoms with E-state index >= 15 is 0 Å². The van der Waals surface area contributed by atoms with Crippen LogP contribution in [0, 0.1) is 0 Å².